The lowest BCUT2D eigenvalue weighted by atomic mass is 10.1. The molecule has 1 aliphatic heterocycles. The van der Waals surface area contributed by atoms with Crippen LogP contribution >= 0.6 is 11.8 Å². The number of pyridine rings is 1. The Balaban J connectivity index is 1.66. The van der Waals surface area contributed by atoms with E-state index >= 15 is 0 Å². The number of aromatic nitrogens is 1. The van der Waals surface area contributed by atoms with Crippen molar-refractivity contribution in [1.29, 1.82) is 5.26 Å². The Morgan fingerprint density at radius 2 is 1.88 bits per heavy atom. The van der Waals surface area contributed by atoms with E-state index in [-0.39, 0.29) is 5.91 Å². The number of carbonyl (C=O) groups is 1. The third kappa shape index (κ3) is 3.36. The van der Waals surface area contributed by atoms with Crippen LogP contribution in [0.25, 0.3) is 0 Å². The fourth-order valence-corrected chi connectivity index (χ4v) is 3.18. The molecule has 0 radical (unpaired) electrons. The van der Waals surface area contributed by atoms with Gasteiger partial charge in [0.1, 0.15) is 11.9 Å². The number of hydrogen-bond acceptors (Lipinski definition) is 5. The summed E-state index contributed by atoms with van der Waals surface area (Å²) in [6, 6.07) is 13.4. The summed E-state index contributed by atoms with van der Waals surface area (Å²) in [6.45, 7) is 2.62. The second-order valence-electron chi connectivity index (χ2n) is 5.49. The molecule has 0 aliphatic carbocycles. The summed E-state index contributed by atoms with van der Waals surface area (Å²) in [5, 5.41) is 9.20. The number of carbonyl (C=O) groups excluding carboxylic acids is 1. The van der Waals surface area contributed by atoms with Crippen LogP contribution in [0.5, 0.6) is 0 Å². The first-order valence-electron chi connectivity index (χ1n) is 7.76. The first-order valence-corrected chi connectivity index (χ1v) is 8.99. The lowest BCUT2D eigenvalue weighted by Gasteiger charge is -2.35. The summed E-state index contributed by atoms with van der Waals surface area (Å²) in [7, 11) is 0. The number of nitriles is 1. The third-order valence-electron chi connectivity index (χ3n) is 4.11. The zero-order valence-corrected chi connectivity index (χ0v) is 14.3. The van der Waals surface area contributed by atoms with Gasteiger partial charge < -0.3 is 9.80 Å². The van der Waals surface area contributed by atoms with E-state index in [0.717, 1.165) is 10.5 Å². The molecule has 5 nitrogen and oxygen atoms in total. The fraction of sp³-hybridized carbons (Fsp3) is 0.278. The predicted molar refractivity (Wildman–Crippen MR) is 95.3 cm³/mol. The molecule has 2 aromatic rings. The minimum atomic E-state index is 0.0591. The molecule has 24 heavy (non-hydrogen) atoms. The van der Waals surface area contributed by atoms with Crippen molar-refractivity contribution in [2.75, 3.05) is 37.3 Å². The third-order valence-corrected chi connectivity index (χ3v) is 4.85. The average Bonchev–Trinajstić information content (AvgIpc) is 2.67. The van der Waals surface area contributed by atoms with Crippen LogP contribution in [0, 0.1) is 11.3 Å². The van der Waals surface area contributed by atoms with E-state index in [9.17, 15) is 10.1 Å². The maximum Gasteiger partial charge on any atom is 0.253 e. The number of amides is 1. The molecule has 1 aromatic heterocycles. The summed E-state index contributed by atoms with van der Waals surface area (Å²) in [6.07, 6.45) is 3.71. The second kappa shape index (κ2) is 7.37. The zero-order valence-electron chi connectivity index (χ0n) is 13.5. The van der Waals surface area contributed by atoms with Crippen LogP contribution in [0.1, 0.15) is 15.9 Å². The van der Waals surface area contributed by atoms with Crippen LogP contribution in [0.2, 0.25) is 0 Å². The molecule has 1 aliphatic rings. The molecule has 3 rings (SSSR count). The highest BCUT2D eigenvalue weighted by molar-refractivity contribution is 7.98. The van der Waals surface area contributed by atoms with E-state index < -0.39 is 0 Å². The average molecular weight is 338 g/mol. The van der Waals surface area contributed by atoms with Gasteiger partial charge in [-0.1, -0.05) is 0 Å². The van der Waals surface area contributed by atoms with E-state index in [1.807, 2.05) is 35.4 Å². The number of hydrogen-bond donors (Lipinski definition) is 0. The molecule has 6 heteroatoms. The molecular weight excluding hydrogens is 320 g/mol. The number of thioether (sulfide) groups is 1. The lowest BCUT2D eigenvalue weighted by molar-refractivity contribution is 0.0746. The van der Waals surface area contributed by atoms with Gasteiger partial charge in [-0.2, -0.15) is 5.26 Å². The first kappa shape index (κ1) is 16.3. The second-order valence-corrected chi connectivity index (χ2v) is 6.37. The number of benzene rings is 1. The maximum atomic E-state index is 12.6. The summed E-state index contributed by atoms with van der Waals surface area (Å²) >= 11 is 1.66. The molecule has 0 bridgehead atoms. The standard InChI is InChI=1S/C18H18N4OS/c1-24-16-6-4-14(5-7-16)18(23)22-11-9-21(10-12-22)17-15(13-19)3-2-8-20-17/h2-8H,9-12H2,1H3. The Morgan fingerprint density at radius 1 is 1.17 bits per heavy atom. The van der Waals surface area contributed by atoms with Gasteiger partial charge in [0.15, 0.2) is 0 Å². The molecule has 0 spiro atoms. The van der Waals surface area contributed by atoms with Crippen LogP contribution in [0.15, 0.2) is 47.5 Å². The van der Waals surface area contributed by atoms with Gasteiger partial charge in [0.2, 0.25) is 0 Å². The highest BCUT2D eigenvalue weighted by atomic mass is 32.2. The van der Waals surface area contributed by atoms with Crippen molar-refractivity contribution in [3.05, 3.63) is 53.7 Å². The highest BCUT2D eigenvalue weighted by Crippen LogP contribution is 2.20. The van der Waals surface area contributed by atoms with Gasteiger partial charge in [0.05, 0.1) is 5.56 Å². The number of nitrogens with zero attached hydrogens (tertiary/aromatic N) is 4. The van der Waals surface area contributed by atoms with Crippen molar-refractivity contribution < 1.29 is 4.79 Å². The van der Waals surface area contributed by atoms with Gasteiger partial charge >= 0.3 is 0 Å². The van der Waals surface area contributed by atoms with E-state index in [2.05, 4.69) is 16.0 Å². The first-order chi connectivity index (χ1) is 11.7. The van der Waals surface area contributed by atoms with Crippen LogP contribution in [0.3, 0.4) is 0 Å². The minimum absolute atomic E-state index is 0.0591. The Kier molecular flexibility index (Phi) is 5.02. The molecule has 0 atom stereocenters. The van der Waals surface area contributed by atoms with E-state index in [0.29, 0.717) is 37.6 Å². The molecular formula is C18H18N4OS. The van der Waals surface area contributed by atoms with Crippen molar-refractivity contribution in [3.8, 4) is 6.07 Å². The normalized spacial score (nSPS) is 14.3. The number of anilines is 1. The van der Waals surface area contributed by atoms with Gasteiger partial charge in [-0.15, -0.1) is 11.8 Å². The van der Waals surface area contributed by atoms with Gasteiger partial charge in [-0.05, 0) is 42.7 Å². The SMILES string of the molecule is CSc1ccc(C(=O)N2CCN(c3ncccc3C#N)CC2)cc1. The zero-order chi connectivity index (χ0) is 16.9. The van der Waals surface area contributed by atoms with Crippen LogP contribution < -0.4 is 4.90 Å². The smallest absolute Gasteiger partial charge is 0.253 e. The van der Waals surface area contributed by atoms with Gasteiger partial charge in [-0.3, -0.25) is 4.79 Å². The van der Waals surface area contributed by atoms with E-state index in [4.69, 9.17) is 0 Å². The minimum Gasteiger partial charge on any atom is -0.352 e. The monoisotopic (exact) mass is 338 g/mol. The van der Waals surface area contributed by atoms with Gasteiger partial charge in [-0.25, -0.2) is 4.98 Å². The quantitative estimate of drug-likeness (QED) is 0.805. The Hall–Kier alpha value is -2.52. The van der Waals surface area contributed by atoms with Crippen LogP contribution in [-0.4, -0.2) is 48.2 Å². The molecule has 0 N–H and O–H groups in total. The fourth-order valence-electron chi connectivity index (χ4n) is 2.77. The molecule has 122 valence electrons. The van der Waals surface area contributed by atoms with Crippen molar-refractivity contribution in [1.82, 2.24) is 9.88 Å². The van der Waals surface area contributed by atoms with Crippen molar-refractivity contribution >= 4 is 23.5 Å². The Labute approximate surface area is 145 Å². The summed E-state index contributed by atoms with van der Waals surface area (Å²) in [5.74, 6) is 0.764. The van der Waals surface area contributed by atoms with Crippen molar-refractivity contribution in [3.63, 3.8) is 0 Å². The summed E-state index contributed by atoms with van der Waals surface area (Å²) < 4.78 is 0. The molecule has 1 amide bonds. The maximum absolute atomic E-state index is 12.6. The van der Waals surface area contributed by atoms with E-state index in [1.54, 1.807) is 30.1 Å². The lowest BCUT2D eigenvalue weighted by Crippen LogP contribution is -2.49. The highest BCUT2D eigenvalue weighted by Gasteiger charge is 2.24. The van der Waals surface area contributed by atoms with Gasteiger partial charge in [0, 0.05) is 42.8 Å². The molecule has 2 heterocycles. The summed E-state index contributed by atoms with van der Waals surface area (Å²) in [5.41, 5.74) is 1.29. The molecule has 1 fully saturated rings. The number of piperazine rings is 1. The summed E-state index contributed by atoms with van der Waals surface area (Å²) in [4.78, 5) is 22.0. The Morgan fingerprint density at radius 3 is 2.50 bits per heavy atom. The van der Waals surface area contributed by atoms with Crippen molar-refractivity contribution in [2.24, 2.45) is 0 Å². The predicted octanol–water partition coefficient (Wildman–Crippen LogP) is 2.64. The molecule has 0 unspecified atom stereocenters. The number of rotatable bonds is 3. The molecule has 1 aromatic carbocycles. The van der Waals surface area contributed by atoms with Gasteiger partial charge in [0.25, 0.3) is 5.91 Å². The molecule has 1 saturated heterocycles. The van der Waals surface area contributed by atoms with Crippen LogP contribution in [0.4, 0.5) is 5.82 Å². The van der Waals surface area contributed by atoms with Crippen molar-refractivity contribution in [2.45, 2.75) is 4.90 Å². The Bertz CT molecular complexity index is 761. The topological polar surface area (TPSA) is 60.2 Å². The largest absolute Gasteiger partial charge is 0.352 e. The van der Waals surface area contributed by atoms with E-state index in [1.165, 1.54) is 0 Å². The van der Waals surface area contributed by atoms with Crippen LogP contribution in [-0.2, 0) is 0 Å². The molecule has 0 saturated carbocycles.